The molecule has 0 amide bonds. The third-order valence-corrected chi connectivity index (χ3v) is 2.63. The maximum atomic E-state index is 8.44. The van der Waals surface area contributed by atoms with Crippen LogP contribution < -0.4 is 5.73 Å². The number of hydrogen-bond donors (Lipinski definition) is 1. The molecule has 1 aromatic carbocycles. The molecule has 0 bridgehead atoms. The van der Waals surface area contributed by atoms with E-state index in [1.165, 1.54) is 0 Å². The third kappa shape index (κ3) is 3.08. The average Bonchev–Trinajstić information content (AvgIpc) is 2.84. The Kier molecular flexibility index (Phi) is 3.92. The number of hydrogen-bond acceptors (Lipinski definition) is 4. The molecule has 5 nitrogen and oxygen atoms in total. The van der Waals surface area contributed by atoms with Crippen LogP contribution in [0.3, 0.4) is 0 Å². The molecule has 18 heavy (non-hydrogen) atoms. The standard InChI is InChI=1S/C13H15N5/c14-8-2-1-3-9-18-10-16-13(17-18)11-4-6-12(15)7-5-11/h4-7,10H,1-3,9,15H2. The molecule has 0 unspecified atom stereocenters. The molecular weight excluding hydrogens is 226 g/mol. The zero-order chi connectivity index (χ0) is 12.8. The number of nitrogens with zero attached hydrogens (tertiary/aromatic N) is 4. The summed E-state index contributed by atoms with van der Waals surface area (Å²) in [6.07, 6.45) is 4.16. The summed E-state index contributed by atoms with van der Waals surface area (Å²) in [4.78, 5) is 4.26. The summed E-state index contributed by atoms with van der Waals surface area (Å²) in [5.41, 5.74) is 7.32. The van der Waals surface area contributed by atoms with Crippen molar-refractivity contribution < 1.29 is 0 Å². The predicted octanol–water partition coefficient (Wildman–Crippen LogP) is 2.22. The second-order valence-corrected chi connectivity index (χ2v) is 4.07. The quantitative estimate of drug-likeness (QED) is 0.643. The van der Waals surface area contributed by atoms with Gasteiger partial charge in [0, 0.05) is 24.2 Å². The van der Waals surface area contributed by atoms with Gasteiger partial charge < -0.3 is 5.73 Å². The lowest BCUT2D eigenvalue weighted by molar-refractivity contribution is 0.561. The molecule has 5 heteroatoms. The van der Waals surface area contributed by atoms with E-state index in [1.54, 1.807) is 6.33 Å². The van der Waals surface area contributed by atoms with Gasteiger partial charge in [0.2, 0.25) is 0 Å². The molecule has 0 spiro atoms. The zero-order valence-corrected chi connectivity index (χ0v) is 10.1. The van der Waals surface area contributed by atoms with Gasteiger partial charge in [-0.2, -0.15) is 10.4 Å². The van der Waals surface area contributed by atoms with E-state index >= 15 is 0 Å². The maximum absolute atomic E-state index is 8.44. The van der Waals surface area contributed by atoms with Crippen LogP contribution in [-0.2, 0) is 6.54 Å². The molecule has 0 atom stereocenters. The number of nitriles is 1. The molecule has 1 aromatic heterocycles. The topological polar surface area (TPSA) is 80.5 Å². The summed E-state index contributed by atoms with van der Waals surface area (Å²) < 4.78 is 1.81. The molecule has 0 saturated heterocycles. The lowest BCUT2D eigenvalue weighted by Crippen LogP contribution is -1.98. The Morgan fingerprint density at radius 2 is 2.00 bits per heavy atom. The van der Waals surface area contributed by atoms with Crippen LogP contribution >= 0.6 is 0 Å². The Balaban J connectivity index is 1.97. The van der Waals surface area contributed by atoms with Crippen molar-refractivity contribution >= 4 is 5.69 Å². The van der Waals surface area contributed by atoms with E-state index in [4.69, 9.17) is 11.0 Å². The molecule has 2 rings (SSSR count). The highest BCUT2D eigenvalue weighted by Crippen LogP contribution is 2.15. The minimum Gasteiger partial charge on any atom is -0.399 e. The fourth-order valence-electron chi connectivity index (χ4n) is 1.64. The summed E-state index contributed by atoms with van der Waals surface area (Å²) in [6.45, 7) is 0.795. The van der Waals surface area contributed by atoms with Crippen molar-refractivity contribution in [2.24, 2.45) is 0 Å². The number of rotatable bonds is 5. The second kappa shape index (κ2) is 5.82. The molecule has 0 aliphatic heterocycles. The molecule has 92 valence electrons. The molecule has 2 N–H and O–H groups in total. The van der Waals surface area contributed by atoms with E-state index in [9.17, 15) is 0 Å². The fraction of sp³-hybridized carbons (Fsp3) is 0.308. The molecule has 1 heterocycles. The summed E-state index contributed by atoms with van der Waals surface area (Å²) in [7, 11) is 0. The first-order valence-electron chi connectivity index (χ1n) is 5.92. The number of nitrogen functional groups attached to an aromatic ring is 1. The van der Waals surface area contributed by atoms with Gasteiger partial charge in [-0.3, -0.25) is 4.68 Å². The zero-order valence-electron chi connectivity index (χ0n) is 10.1. The minimum absolute atomic E-state index is 0.597. The lowest BCUT2D eigenvalue weighted by Gasteiger charge is -1.98. The van der Waals surface area contributed by atoms with Gasteiger partial charge in [0.15, 0.2) is 5.82 Å². The molecular formula is C13H15N5. The van der Waals surface area contributed by atoms with E-state index in [1.807, 2.05) is 28.9 Å². The Morgan fingerprint density at radius 3 is 2.72 bits per heavy atom. The van der Waals surface area contributed by atoms with Crippen molar-refractivity contribution in [3.63, 3.8) is 0 Å². The molecule has 2 aromatic rings. The van der Waals surface area contributed by atoms with Gasteiger partial charge >= 0.3 is 0 Å². The van der Waals surface area contributed by atoms with Crippen molar-refractivity contribution in [3.05, 3.63) is 30.6 Å². The number of benzene rings is 1. The fourth-order valence-corrected chi connectivity index (χ4v) is 1.64. The van der Waals surface area contributed by atoms with Crippen LogP contribution in [0.4, 0.5) is 5.69 Å². The van der Waals surface area contributed by atoms with Gasteiger partial charge in [-0.05, 0) is 37.1 Å². The average molecular weight is 241 g/mol. The summed E-state index contributed by atoms with van der Waals surface area (Å²) in [5.74, 6) is 0.704. The van der Waals surface area contributed by atoms with Crippen LogP contribution in [0, 0.1) is 11.3 Å². The van der Waals surface area contributed by atoms with Crippen LogP contribution in [0.5, 0.6) is 0 Å². The number of aromatic nitrogens is 3. The van der Waals surface area contributed by atoms with Gasteiger partial charge in [0.25, 0.3) is 0 Å². The van der Waals surface area contributed by atoms with E-state index in [0.29, 0.717) is 12.2 Å². The second-order valence-electron chi connectivity index (χ2n) is 4.07. The van der Waals surface area contributed by atoms with E-state index in [-0.39, 0.29) is 0 Å². The van der Waals surface area contributed by atoms with Crippen LogP contribution in [0.15, 0.2) is 30.6 Å². The van der Waals surface area contributed by atoms with Crippen LogP contribution in [0.2, 0.25) is 0 Å². The van der Waals surface area contributed by atoms with E-state index < -0.39 is 0 Å². The highest BCUT2D eigenvalue weighted by Gasteiger charge is 2.03. The van der Waals surface area contributed by atoms with Gasteiger partial charge in [-0.1, -0.05) is 0 Å². The molecule has 0 radical (unpaired) electrons. The Bertz CT molecular complexity index is 535. The number of anilines is 1. The summed E-state index contributed by atoms with van der Waals surface area (Å²) in [5, 5.41) is 12.8. The molecule has 0 aliphatic carbocycles. The SMILES string of the molecule is N#CCCCCn1cnc(-c2ccc(N)cc2)n1. The smallest absolute Gasteiger partial charge is 0.181 e. The highest BCUT2D eigenvalue weighted by atomic mass is 15.3. The first kappa shape index (κ1) is 12.1. The number of nitrogens with two attached hydrogens (primary N) is 1. The summed E-state index contributed by atoms with van der Waals surface area (Å²) >= 11 is 0. The summed E-state index contributed by atoms with van der Waals surface area (Å²) in [6, 6.07) is 9.62. The van der Waals surface area contributed by atoms with Crippen LogP contribution in [0.1, 0.15) is 19.3 Å². The van der Waals surface area contributed by atoms with Crippen LogP contribution in [-0.4, -0.2) is 14.8 Å². The highest BCUT2D eigenvalue weighted by molar-refractivity contribution is 5.57. The Labute approximate surface area is 106 Å². The Hall–Kier alpha value is -2.35. The van der Waals surface area contributed by atoms with Gasteiger partial charge in [-0.25, -0.2) is 4.98 Å². The molecule has 0 aliphatic rings. The third-order valence-electron chi connectivity index (χ3n) is 2.63. The van der Waals surface area contributed by atoms with Crippen molar-refractivity contribution in [3.8, 4) is 17.5 Å². The maximum Gasteiger partial charge on any atom is 0.181 e. The van der Waals surface area contributed by atoms with Gasteiger partial charge in [-0.15, -0.1) is 0 Å². The van der Waals surface area contributed by atoms with E-state index in [0.717, 1.165) is 30.6 Å². The largest absolute Gasteiger partial charge is 0.399 e. The van der Waals surface area contributed by atoms with Crippen molar-refractivity contribution in [2.45, 2.75) is 25.8 Å². The lowest BCUT2D eigenvalue weighted by atomic mass is 10.2. The first-order chi connectivity index (χ1) is 8.79. The molecule has 0 saturated carbocycles. The monoisotopic (exact) mass is 241 g/mol. The minimum atomic E-state index is 0.597. The van der Waals surface area contributed by atoms with Gasteiger partial charge in [0.05, 0.1) is 6.07 Å². The first-order valence-corrected chi connectivity index (χ1v) is 5.92. The van der Waals surface area contributed by atoms with Crippen molar-refractivity contribution in [2.75, 3.05) is 5.73 Å². The number of aryl methyl sites for hydroxylation is 1. The van der Waals surface area contributed by atoms with Crippen molar-refractivity contribution in [1.29, 1.82) is 5.26 Å². The van der Waals surface area contributed by atoms with Gasteiger partial charge in [0.1, 0.15) is 6.33 Å². The van der Waals surface area contributed by atoms with Crippen LogP contribution in [0.25, 0.3) is 11.4 Å². The Morgan fingerprint density at radius 1 is 1.22 bits per heavy atom. The molecule has 0 fully saturated rings. The van der Waals surface area contributed by atoms with Crippen molar-refractivity contribution in [1.82, 2.24) is 14.8 Å². The predicted molar refractivity (Wildman–Crippen MR) is 69.3 cm³/mol. The van der Waals surface area contributed by atoms with E-state index in [2.05, 4.69) is 16.2 Å². The number of unbranched alkanes of at least 4 members (excludes halogenated alkanes) is 2. The normalized spacial score (nSPS) is 10.2.